The van der Waals surface area contributed by atoms with Gasteiger partial charge in [-0.15, -0.1) is 0 Å². The van der Waals surface area contributed by atoms with Gasteiger partial charge in [0.15, 0.2) is 9.84 Å². The Morgan fingerprint density at radius 2 is 1.70 bits per heavy atom. The number of aliphatic carboxylic acids is 1. The monoisotopic (exact) mass is 304 g/mol. The second-order valence-electron chi connectivity index (χ2n) is 5.42. The fourth-order valence-electron chi connectivity index (χ4n) is 2.76. The number of sulfone groups is 1. The van der Waals surface area contributed by atoms with Crippen molar-refractivity contribution in [1.82, 2.24) is 10.2 Å². The predicted molar refractivity (Wildman–Crippen MR) is 72.1 cm³/mol. The summed E-state index contributed by atoms with van der Waals surface area (Å²) in [5.74, 6) is -1.46. The van der Waals surface area contributed by atoms with Crippen molar-refractivity contribution in [2.45, 2.75) is 31.7 Å². The van der Waals surface area contributed by atoms with Crippen molar-refractivity contribution in [3.8, 4) is 0 Å². The molecule has 2 fully saturated rings. The third-order valence-electron chi connectivity index (χ3n) is 4.02. The van der Waals surface area contributed by atoms with Gasteiger partial charge in [-0.05, 0) is 12.8 Å². The molecule has 2 atom stereocenters. The number of carbonyl (C=O) groups excluding carboxylic acids is 1. The fourth-order valence-corrected chi connectivity index (χ4v) is 3.97. The van der Waals surface area contributed by atoms with Crippen LogP contribution in [0.2, 0.25) is 0 Å². The van der Waals surface area contributed by atoms with Crippen molar-refractivity contribution >= 4 is 21.8 Å². The van der Waals surface area contributed by atoms with Crippen LogP contribution in [0.15, 0.2) is 0 Å². The molecule has 1 aliphatic carbocycles. The van der Waals surface area contributed by atoms with E-state index in [0.29, 0.717) is 12.8 Å². The van der Waals surface area contributed by atoms with Crippen LogP contribution in [0.3, 0.4) is 0 Å². The Kier molecular flexibility index (Phi) is 4.52. The highest BCUT2D eigenvalue weighted by atomic mass is 32.2. The van der Waals surface area contributed by atoms with Gasteiger partial charge < -0.3 is 15.3 Å². The molecule has 2 N–H and O–H groups in total. The van der Waals surface area contributed by atoms with Crippen molar-refractivity contribution in [3.63, 3.8) is 0 Å². The van der Waals surface area contributed by atoms with E-state index in [1.165, 1.54) is 4.90 Å². The van der Waals surface area contributed by atoms with Gasteiger partial charge in [0.05, 0.1) is 17.4 Å². The zero-order chi connectivity index (χ0) is 14.8. The third kappa shape index (κ3) is 3.62. The van der Waals surface area contributed by atoms with Crippen molar-refractivity contribution in [2.24, 2.45) is 5.92 Å². The lowest BCUT2D eigenvalue weighted by Crippen LogP contribution is -2.53. The normalized spacial score (nSPS) is 29.7. The highest BCUT2D eigenvalue weighted by molar-refractivity contribution is 7.91. The molecular formula is C12H20N2O5S. The summed E-state index contributed by atoms with van der Waals surface area (Å²) in [5.41, 5.74) is 0. The van der Waals surface area contributed by atoms with Crippen LogP contribution < -0.4 is 5.32 Å². The SMILES string of the molecule is O=C(O)C1CCCCC1NC(=O)N1CCS(=O)(=O)CC1. The van der Waals surface area contributed by atoms with Crippen LogP contribution in [0.25, 0.3) is 0 Å². The molecule has 1 saturated carbocycles. The number of carboxylic acid groups (broad SMARTS) is 1. The van der Waals surface area contributed by atoms with Crippen LogP contribution in [0.1, 0.15) is 25.7 Å². The second-order valence-corrected chi connectivity index (χ2v) is 7.73. The first-order chi connectivity index (χ1) is 9.39. The molecular weight excluding hydrogens is 284 g/mol. The van der Waals surface area contributed by atoms with Gasteiger partial charge in [-0.3, -0.25) is 4.79 Å². The van der Waals surface area contributed by atoms with Crippen LogP contribution >= 0.6 is 0 Å². The van der Waals surface area contributed by atoms with Crippen molar-refractivity contribution in [2.75, 3.05) is 24.6 Å². The van der Waals surface area contributed by atoms with Gasteiger partial charge in [0.2, 0.25) is 0 Å². The predicted octanol–water partition coefficient (Wildman–Crippen LogP) is 0.0698. The first-order valence-electron chi connectivity index (χ1n) is 6.88. The van der Waals surface area contributed by atoms with E-state index in [1.54, 1.807) is 0 Å². The van der Waals surface area contributed by atoms with Crippen molar-refractivity contribution in [1.29, 1.82) is 0 Å². The molecule has 2 aliphatic rings. The number of rotatable bonds is 2. The van der Waals surface area contributed by atoms with E-state index in [1.807, 2.05) is 0 Å². The summed E-state index contributed by atoms with van der Waals surface area (Å²) in [6, 6.07) is -0.703. The fraction of sp³-hybridized carbons (Fsp3) is 0.833. The molecule has 0 bridgehead atoms. The molecule has 1 heterocycles. The number of carboxylic acids is 1. The first kappa shape index (κ1) is 15.1. The maximum Gasteiger partial charge on any atom is 0.317 e. The molecule has 2 unspecified atom stereocenters. The smallest absolute Gasteiger partial charge is 0.317 e. The van der Waals surface area contributed by atoms with Gasteiger partial charge in [0, 0.05) is 19.1 Å². The first-order valence-corrected chi connectivity index (χ1v) is 8.70. The van der Waals surface area contributed by atoms with E-state index < -0.39 is 21.7 Å². The lowest BCUT2D eigenvalue weighted by Gasteiger charge is -2.33. The molecule has 20 heavy (non-hydrogen) atoms. The van der Waals surface area contributed by atoms with Crippen LogP contribution in [-0.4, -0.2) is 61.1 Å². The minimum Gasteiger partial charge on any atom is -0.481 e. The Balaban J connectivity index is 1.92. The maximum absolute atomic E-state index is 12.1. The van der Waals surface area contributed by atoms with Crippen molar-refractivity contribution < 1.29 is 23.1 Å². The van der Waals surface area contributed by atoms with E-state index in [0.717, 1.165) is 12.8 Å². The lowest BCUT2D eigenvalue weighted by atomic mass is 9.84. The molecule has 0 aromatic rings. The van der Waals surface area contributed by atoms with Crippen LogP contribution in [0.4, 0.5) is 4.79 Å². The summed E-state index contributed by atoms with van der Waals surface area (Å²) in [5, 5.41) is 11.9. The number of amides is 2. The molecule has 0 radical (unpaired) electrons. The van der Waals surface area contributed by atoms with E-state index in [9.17, 15) is 18.0 Å². The molecule has 2 amide bonds. The molecule has 114 valence electrons. The average Bonchev–Trinajstić information content (AvgIpc) is 2.38. The van der Waals surface area contributed by atoms with Crippen LogP contribution in [0, 0.1) is 5.92 Å². The Labute approximate surface area is 118 Å². The molecule has 1 aliphatic heterocycles. The number of hydrogen-bond donors (Lipinski definition) is 2. The van der Waals surface area contributed by atoms with Gasteiger partial charge in [0.25, 0.3) is 0 Å². The zero-order valence-corrected chi connectivity index (χ0v) is 12.1. The summed E-state index contributed by atoms with van der Waals surface area (Å²) < 4.78 is 22.6. The Bertz CT molecular complexity index is 476. The minimum absolute atomic E-state index is 0.0204. The summed E-state index contributed by atoms with van der Waals surface area (Å²) in [7, 11) is -3.02. The number of nitrogens with one attached hydrogen (secondary N) is 1. The quantitative estimate of drug-likeness (QED) is 0.751. The standard InChI is InChI=1S/C12H20N2O5S/c15-11(16)9-3-1-2-4-10(9)13-12(17)14-5-7-20(18,19)8-6-14/h9-10H,1-8H2,(H,13,17)(H,15,16). The van der Waals surface area contributed by atoms with E-state index in [4.69, 9.17) is 5.11 Å². The van der Waals surface area contributed by atoms with Gasteiger partial charge in [0.1, 0.15) is 0 Å². The molecule has 1 saturated heterocycles. The highest BCUT2D eigenvalue weighted by Gasteiger charge is 2.33. The largest absolute Gasteiger partial charge is 0.481 e. The third-order valence-corrected chi connectivity index (χ3v) is 5.63. The summed E-state index contributed by atoms with van der Waals surface area (Å²) in [4.78, 5) is 24.7. The Morgan fingerprint density at radius 3 is 2.30 bits per heavy atom. The number of nitrogens with zero attached hydrogens (tertiary/aromatic N) is 1. The van der Waals surface area contributed by atoms with Crippen LogP contribution in [-0.2, 0) is 14.6 Å². The van der Waals surface area contributed by atoms with E-state index >= 15 is 0 Å². The zero-order valence-electron chi connectivity index (χ0n) is 11.2. The van der Waals surface area contributed by atoms with Gasteiger partial charge in [-0.2, -0.15) is 0 Å². The van der Waals surface area contributed by atoms with Gasteiger partial charge in [-0.1, -0.05) is 12.8 Å². The molecule has 8 heteroatoms. The molecule has 2 rings (SSSR count). The van der Waals surface area contributed by atoms with Crippen LogP contribution in [0.5, 0.6) is 0 Å². The van der Waals surface area contributed by atoms with E-state index in [-0.39, 0.29) is 36.7 Å². The van der Waals surface area contributed by atoms with E-state index in [2.05, 4.69) is 5.32 Å². The second kappa shape index (κ2) is 5.99. The summed E-state index contributed by atoms with van der Waals surface area (Å²) in [6.07, 6.45) is 3.01. The molecule has 7 nitrogen and oxygen atoms in total. The number of urea groups is 1. The molecule has 0 spiro atoms. The highest BCUT2D eigenvalue weighted by Crippen LogP contribution is 2.24. The summed E-state index contributed by atoms with van der Waals surface area (Å²) >= 11 is 0. The lowest BCUT2D eigenvalue weighted by molar-refractivity contribution is -0.143. The topological polar surface area (TPSA) is 104 Å². The average molecular weight is 304 g/mol. The molecule has 0 aromatic carbocycles. The molecule has 0 aromatic heterocycles. The Hall–Kier alpha value is -1.31. The summed E-state index contributed by atoms with van der Waals surface area (Å²) in [6.45, 7) is 0.358. The minimum atomic E-state index is -3.02. The number of hydrogen-bond acceptors (Lipinski definition) is 4. The Morgan fingerprint density at radius 1 is 1.10 bits per heavy atom. The van der Waals surface area contributed by atoms with Gasteiger partial charge >= 0.3 is 12.0 Å². The maximum atomic E-state index is 12.1. The van der Waals surface area contributed by atoms with Gasteiger partial charge in [-0.25, -0.2) is 13.2 Å². The van der Waals surface area contributed by atoms with Crippen molar-refractivity contribution in [3.05, 3.63) is 0 Å². The number of carbonyl (C=O) groups is 2.